The molecule has 11 nitrogen and oxygen atoms in total. The fraction of sp³-hybridized carbons (Fsp3) is 0.229. The fourth-order valence-corrected chi connectivity index (χ4v) is 4.48. The summed E-state index contributed by atoms with van der Waals surface area (Å²) in [7, 11) is 0. The van der Waals surface area contributed by atoms with Gasteiger partial charge in [0.15, 0.2) is 17.9 Å². The first-order valence-corrected chi connectivity index (χ1v) is 14.8. The van der Waals surface area contributed by atoms with Gasteiger partial charge in [0.2, 0.25) is 0 Å². The molecule has 0 amide bonds. The second kappa shape index (κ2) is 17.9. The smallest absolute Gasteiger partial charge is 0.185 e. The zero-order valence-electron chi connectivity index (χ0n) is 26.0. The Hall–Kier alpha value is -6.07. The van der Waals surface area contributed by atoms with E-state index < -0.39 is 0 Å². The van der Waals surface area contributed by atoms with Crippen molar-refractivity contribution < 1.29 is 0 Å². The van der Waals surface area contributed by atoms with Gasteiger partial charge in [0.25, 0.3) is 0 Å². The number of benzene rings is 3. The van der Waals surface area contributed by atoms with Gasteiger partial charge in [0.1, 0.15) is 0 Å². The van der Waals surface area contributed by atoms with Gasteiger partial charge in [-0.25, -0.2) is 0 Å². The van der Waals surface area contributed by atoms with Crippen LogP contribution in [0.4, 0.5) is 0 Å². The number of nitrogens with zero attached hydrogens (tertiary/aromatic N) is 3. The van der Waals surface area contributed by atoms with E-state index in [1.54, 1.807) is 0 Å². The van der Waals surface area contributed by atoms with Crippen molar-refractivity contribution in [1.29, 1.82) is 0 Å². The quantitative estimate of drug-likeness (QED) is 0.0762. The van der Waals surface area contributed by atoms with Crippen molar-refractivity contribution in [3.63, 3.8) is 0 Å². The number of nitrogens with two attached hydrogens (primary N) is 7. The first-order chi connectivity index (χ1) is 22.0. The number of rotatable bonds is 13. The fourth-order valence-electron chi connectivity index (χ4n) is 4.48. The minimum Gasteiger partial charge on any atom is -0.386 e. The highest BCUT2D eigenvalue weighted by molar-refractivity contribution is 5.76. The molecule has 0 bridgehead atoms. The van der Waals surface area contributed by atoms with Gasteiger partial charge < -0.3 is 45.5 Å². The molecule has 0 spiro atoms. The number of nitrogens with one attached hydrogen (secondary N) is 1. The average molecular weight is 618 g/mol. The first kappa shape index (κ1) is 34.4. The molecule has 3 aromatic rings. The monoisotopic (exact) mass is 617 g/mol. The molecule has 11 heteroatoms. The van der Waals surface area contributed by atoms with Crippen LogP contribution in [0.15, 0.2) is 88.0 Å². The van der Waals surface area contributed by atoms with Crippen molar-refractivity contribution in [2.75, 3.05) is 26.2 Å². The molecule has 3 aromatic carbocycles. The Labute approximate surface area is 271 Å². The topological polar surface area (TPSA) is 231 Å². The maximum Gasteiger partial charge on any atom is 0.185 e. The molecule has 0 aliphatic heterocycles. The van der Waals surface area contributed by atoms with Crippen LogP contribution >= 0.6 is 0 Å². The Morgan fingerprint density at radius 1 is 0.500 bits per heavy atom. The van der Waals surface area contributed by atoms with Crippen LogP contribution in [-0.2, 0) is 25.7 Å². The predicted octanol–water partition coefficient (Wildman–Crippen LogP) is 0.496. The van der Waals surface area contributed by atoms with Crippen LogP contribution in [0.2, 0.25) is 0 Å². The van der Waals surface area contributed by atoms with Crippen molar-refractivity contribution in [2.24, 2.45) is 55.1 Å². The molecule has 3 rings (SSSR count). The molecule has 0 fully saturated rings. The third-order valence-corrected chi connectivity index (χ3v) is 6.54. The number of hydrogen-bond donors (Lipinski definition) is 8. The lowest BCUT2D eigenvalue weighted by Gasteiger charge is -2.08. The molecule has 46 heavy (non-hydrogen) atoms. The molecule has 0 aliphatic carbocycles. The Kier molecular flexibility index (Phi) is 13.4. The van der Waals surface area contributed by atoms with Crippen LogP contribution in [0.25, 0.3) is 0 Å². The van der Waals surface area contributed by atoms with E-state index in [0.29, 0.717) is 51.3 Å². The Morgan fingerprint density at radius 3 is 1.15 bits per heavy atom. The summed E-state index contributed by atoms with van der Waals surface area (Å²) in [4.78, 5) is 12.3. The van der Waals surface area contributed by atoms with Gasteiger partial charge in [-0.15, -0.1) is 0 Å². The second-order valence-electron chi connectivity index (χ2n) is 10.5. The molecule has 0 saturated carbocycles. The lowest BCUT2D eigenvalue weighted by Crippen LogP contribution is -2.23. The van der Waals surface area contributed by atoms with E-state index in [2.05, 4.69) is 74.8 Å². The predicted molar refractivity (Wildman–Crippen MR) is 189 cm³/mol. The highest BCUT2D eigenvalue weighted by atomic mass is 15.0. The first-order valence-electron chi connectivity index (χ1n) is 14.8. The Balaban J connectivity index is 1.78. The third-order valence-electron chi connectivity index (χ3n) is 6.54. The third kappa shape index (κ3) is 13.5. The maximum absolute atomic E-state index is 5.65. The zero-order valence-corrected chi connectivity index (χ0v) is 26.0. The van der Waals surface area contributed by atoms with Crippen molar-refractivity contribution in [1.82, 2.24) is 5.32 Å². The van der Waals surface area contributed by atoms with Gasteiger partial charge in [0, 0.05) is 48.4 Å². The van der Waals surface area contributed by atoms with Crippen molar-refractivity contribution in [3.05, 3.63) is 118 Å². The summed E-state index contributed by atoms with van der Waals surface area (Å²) in [5.74, 6) is 13.7. The highest BCUT2D eigenvalue weighted by Crippen LogP contribution is 2.14. The van der Waals surface area contributed by atoms with Gasteiger partial charge in [-0.2, -0.15) is 0 Å². The maximum atomic E-state index is 5.65. The number of aliphatic imine (C=N–C) groups is 3. The van der Waals surface area contributed by atoms with Crippen LogP contribution in [0.5, 0.6) is 0 Å². The van der Waals surface area contributed by atoms with E-state index in [9.17, 15) is 0 Å². The molecule has 0 aliphatic rings. The summed E-state index contributed by atoms with van der Waals surface area (Å²) in [6.07, 6.45) is 2.82. The van der Waals surface area contributed by atoms with Crippen molar-refractivity contribution >= 4 is 17.9 Å². The SMILES string of the molecule is C=C(N)NCCc1cc(C#Cc2ccc(C#Cc3cc(CCN=C(N)N)cc(CCN=C(N)N)c3)cc2)cc(CCN=C(N)N)c1. The molecule has 238 valence electrons. The lowest BCUT2D eigenvalue weighted by molar-refractivity contribution is 0.780. The standard InChI is InChI=1S/C35H43N11/c1-24(36)43-14-10-29-18-27(19-30(22-29)11-15-44-33(37)38)8-6-25-2-4-26(5-3-25)7-9-28-20-31(12-16-45-34(39)40)23-32(21-28)13-17-46-35(41)42/h2-5,18-23,43H,1,10-17,36H2,(H4,37,38,44)(H4,39,40,45)(H4,41,42,46). The van der Waals surface area contributed by atoms with Gasteiger partial charge in [-0.1, -0.05) is 42.4 Å². The second-order valence-corrected chi connectivity index (χ2v) is 10.5. The van der Waals surface area contributed by atoms with Crippen LogP contribution in [0.3, 0.4) is 0 Å². The molecule has 0 unspecified atom stereocenters. The summed E-state index contributed by atoms with van der Waals surface area (Å²) < 4.78 is 0. The molecule has 0 atom stereocenters. The molecular formula is C35H43N11. The minimum absolute atomic E-state index is 0.0673. The van der Waals surface area contributed by atoms with Gasteiger partial charge in [-0.3, -0.25) is 15.0 Å². The summed E-state index contributed by atoms with van der Waals surface area (Å²) in [6.45, 7) is 5.83. The van der Waals surface area contributed by atoms with Crippen LogP contribution in [-0.4, -0.2) is 44.1 Å². The summed E-state index contributed by atoms with van der Waals surface area (Å²) in [5, 5.41) is 3.06. The zero-order chi connectivity index (χ0) is 33.3. The minimum atomic E-state index is 0.0673. The van der Waals surface area contributed by atoms with E-state index in [1.807, 2.05) is 36.4 Å². The molecule has 0 saturated heterocycles. The van der Waals surface area contributed by atoms with Crippen LogP contribution in [0.1, 0.15) is 44.5 Å². The van der Waals surface area contributed by atoms with E-state index in [-0.39, 0.29) is 17.9 Å². The lowest BCUT2D eigenvalue weighted by atomic mass is 10.0. The van der Waals surface area contributed by atoms with Gasteiger partial charge in [-0.05, 0) is 96.5 Å². The van der Waals surface area contributed by atoms with E-state index in [1.165, 1.54) is 0 Å². The molecular weight excluding hydrogens is 574 g/mol. The Morgan fingerprint density at radius 2 is 0.826 bits per heavy atom. The van der Waals surface area contributed by atoms with Crippen LogP contribution < -0.4 is 45.5 Å². The van der Waals surface area contributed by atoms with Crippen molar-refractivity contribution in [2.45, 2.75) is 25.7 Å². The molecule has 0 radical (unpaired) electrons. The summed E-state index contributed by atoms with van der Waals surface area (Å²) in [5.41, 5.74) is 46.5. The van der Waals surface area contributed by atoms with Gasteiger partial charge >= 0.3 is 0 Å². The van der Waals surface area contributed by atoms with E-state index in [0.717, 1.165) is 50.9 Å². The number of hydrogen-bond acceptors (Lipinski definition) is 5. The summed E-state index contributed by atoms with van der Waals surface area (Å²) >= 11 is 0. The van der Waals surface area contributed by atoms with Crippen molar-refractivity contribution in [3.8, 4) is 23.7 Å². The molecule has 0 heterocycles. The van der Waals surface area contributed by atoms with E-state index >= 15 is 0 Å². The van der Waals surface area contributed by atoms with Gasteiger partial charge in [0.05, 0.1) is 5.82 Å². The Bertz CT molecular complexity index is 1660. The molecule has 15 N–H and O–H groups in total. The number of guanidine groups is 3. The average Bonchev–Trinajstić information content (AvgIpc) is 2.99. The largest absolute Gasteiger partial charge is 0.386 e. The highest BCUT2D eigenvalue weighted by Gasteiger charge is 2.03. The summed E-state index contributed by atoms with van der Waals surface area (Å²) in [6, 6.07) is 20.3. The molecule has 0 aromatic heterocycles. The van der Waals surface area contributed by atoms with E-state index in [4.69, 9.17) is 40.1 Å². The van der Waals surface area contributed by atoms with Crippen LogP contribution in [0, 0.1) is 23.7 Å². The normalized spacial score (nSPS) is 9.91.